The zero-order valence-corrected chi connectivity index (χ0v) is 20.5. The summed E-state index contributed by atoms with van der Waals surface area (Å²) in [5, 5.41) is 3.42. The van der Waals surface area contributed by atoms with Gasteiger partial charge in [-0.1, -0.05) is 18.2 Å². The largest absolute Gasteiger partial charge is 0.378 e. The predicted octanol–water partition coefficient (Wildman–Crippen LogP) is 2.73. The number of fused-ring (bicyclic) bond motifs is 2. The van der Waals surface area contributed by atoms with Crippen LogP contribution in [0.4, 0.5) is 19.0 Å². The Labute approximate surface area is 210 Å². The van der Waals surface area contributed by atoms with Gasteiger partial charge in [0.1, 0.15) is 29.2 Å². The molecule has 2 aromatic heterocycles. The van der Waals surface area contributed by atoms with Crippen LogP contribution in [0.5, 0.6) is 0 Å². The number of piperazine rings is 1. The number of benzene rings is 1. The maximum Gasteiger partial charge on any atom is 0.266 e. The van der Waals surface area contributed by atoms with E-state index in [-0.39, 0.29) is 28.6 Å². The molecule has 4 heterocycles. The molecule has 1 unspecified atom stereocenters. The van der Waals surface area contributed by atoms with Crippen LogP contribution in [-0.2, 0) is 11.8 Å². The first-order valence-corrected chi connectivity index (χ1v) is 12.0. The van der Waals surface area contributed by atoms with Crippen LogP contribution in [0.15, 0.2) is 35.4 Å². The first kappa shape index (κ1) is 25.2. The van der Waals surface area contributed by atoms with Crippen molar-refractivity contribution in [1.82, 2.24) is 24.3 Å². The molecular weight excluding hydrogens is 489 g/mol. The second-order valence-electron chi connectivity index (χ2n) is 9.31. The minimum Gasteiger partial charge on any atom is -0.378 e. The van der Waals surface area contributed by atoms with Gasteiger partial charge in [0.15, 0.2) is 0 Å². The van der Waals surface area contributed by atoms with Crippen LogP contribution >= 0.6 is 0 Å². The summed E-state index contributed by atoms with van der Waals surface area (Å²) in [4.78, 5) is 39.0. The lowest BCUT2D eigenvalue weighted by atomic mass is 10.0. The van der Waals surface area contributed by atoms with Gasteiger partial charge in [0.25, 0.3) is 17.9 Å². The number of nitrogens with one attached hydrogen (secondary N) is 1. The molecule has 0 bridgehead atoms. The molecular formula is C25H27F3N6O3. The highest BCUT2D eigenvalue weighted by atomic mass is 19.3. The first-order valence-electron chi connectivity index (χ1n) is 12.0. The van der Waals surface area contributed by atoms with Crippen LogP contribution in [0.25, 0.3) is 11.0 Å². The maximum atomic E-state index is 14.7. The molecule has 3 aromatic rings. The number of rotatable bonds is 5. The summed E-state index contributed by atoms with van der Waals surface area (Å²) in [6.45, 7) is 5.27. The van der Waals surface area contributed by atoms with E-state index in [2.05, 4.69) is 20.2 Å². The van der Waals surface area contributed by atoms with Crippen LogP contribution in [0, 0.1) is 5.82 Å². The van der Waals surface area contributed by atoms with Crippen LogP contribution in [-0.4, -0.2) is 75.7 Å². The van der Waals surface area contributed by atoms with Gasteiger partial charge in [-0.05, 0) is 13.0 Å². The Morgan fingerprint density at radius 1 is 1.19 bits per heavy atom. The van der Waals surface area contributed by atoms with Crippen molar-refractivity contribution in [2.75, 3.05) is 44.7 Å². The summed E-state index contributed by atoms with van der Waals surface area (Å²) in [6.07, 6.45) is -1.70. The fourth-order valence-corrected chi connectivity index (χ4v) is 4.99. The number of alkyl halides is 2. The number of hydrogen-bond acceptors (Lipinski definition) is 7. The lowest BCUT2D eigenvalue weighted by Crippen LogP contribution is -2.59. The number of pyridine rings is 1. The topological polar surface area (TPSA) is 92.6 Å². The zero-order chi connectivity index (χ0) is 26.3. The molecule has 9 nitrogen and oxygen atoms in total. The highest BCUT2D eigenvalue weighted by molar-refractivity contribution is 5.99. The molecule has 2 aliphatic heterocycles. The van der Waals surface area contributed by atoms with Gasteiger partial charge in [-0.25, -0.2) is 23.1 Å². The third kappa shape index (κ3) is 4.66. The van der Waals surface area contributed by atoms with E-state index in [0.29, 0.717) is 38.2 Å². The Kier molecular flexibility index (Phi) is 6.86. The fourth-order valence-electron chi connectivity index (χ4n) is 4.99. The molecule has 0 spiro atoms. The van der Waals surface area contributed by atoms with Gasteiger partial charge in [-0.3, -0.25) is 19.1 Å². The quantitative estimate of drug-likeness (QED) is 0.558. The van der Waals surface area contributed by atoms with Gasteiger partial charge < -0.3 is 15.0 Å². The third-order valence-corrected chi connectivity index (χ3v) is 7.07. The molecule has 2 atom stereocenters. The van der Waals surface area contributed by atoms with E-state index in [1.165, 1.54) is 36.1 Å². The Bertz CT molecular complexity index is 1400. The summed E-state index contributed by atoms with van der Waals surface area (Å²) in [7, 11) is 1.51. The van der Waals surface area contributed by atoms with E-state index >= 15 is 0 Å². The van der Waals surface area contributed by atoms with Crippen molar-refractivity contribution < 1.29 is 22.7 Å². The van der Waals surface area contributed by atoms with Crippen LogP contribution < -0.4 is 10.9 Å². The van der Waals surface area contributed by atoms with Crippen LogP contribution in [0.3, 0.4) is 0 Å². The molecule has 0 saturated carbocycles. The third-order valence-electron chi connectivity index (χ3n) is 7.07. The lowest BCUT2D eigenvalue weighted by molar-refractivity contribution is -0.0395. The van der Waals surface area contributed by atoms with Gasteiger partial charge in [0.05, 0.1) is 36.2 Å². The monoisotopic (exact) mass is 516 g/mol. The molecule has 1 aromatic carbocycles. The summed E-state index contributed by atoms with van der Waals surface area (Å²) in [5.74, 6) is -1.15. The Morgan fingerprint density at radius 2 is 1.97 bits per heavy atom. The molecule has 1 amide bonds. The minimum atomic E-state index is -2.95. The standard InChI is InChI=1S/C25H27F3N6O3/c1-14(16-4-3-5-17(20(16)26)21(27)28)31-22-18-10-19(24(35)32(2)23(18)30-13-29-22)25(36)34-7-6-33-8-9-37-12-15(33)11-34/h3-5,10,13-15,21H,6-9,11-12H2,1-2H3,(H,29,30,31)/t14-,15?/m1/s1. The number of carbonyl (C=O) groups excluding carboxylic acids is 1. The lowest BCUT2D eigenvalue weighted by Gasteiger charge is -2.43. The Hall–Kier alpha value is -3.51. The normalized spacial score (nSPS) is 19.2. The van der Waals surface area contributed by atoms with Crippen LogP contribution in [0.2, 0.25) is 0 Å². The van der Waals surface area contributed by atoms with E-state index < -0.39 is 35.3 Å². The van der Waals surface area contributed by atoms with Crippen molar-refractivity contribution in [3.8, 4) is 0 Å². The molecule has 0 radical (unpaired) electrons. The summed E-state index contributed by atoms with van der Waals surface area (Å²) in [5.41, 5.74) is -0.890. The van der Waals surface area contributed by atoms with Crippen molar-refractivity contribution >= 4 is 22.8 Å². The van der Waals surface area contributed by atoms with Crippen LogP contribution in [0.1, 0.15) is 40.9 Å². The Balaban J connectivity index is 1.48. The molecule has 2 fully saturated rings. The highest BCUT2D eigenvalue weighted by Gasteiger charge is 2.33. The van der Waals surface area contributed by atoms with Gasteiger partial charge in [-0.15, -0.1) is 0 Å². The maximum absolute atomic E-state index is 14.7. The van der Waals surface area contributed by atoms with Gasteiger partial charge >= 0.3 is 0 Å². The summed E-state index contributed by atoms with van der Waals surface area (Å²) < 4.78 is 48.0. The van der Waals surface area contributed by atoms with Crippen molar-refractivity contribution in [2.45, 2.75) is 25.4 Å². The fraction of sp³-hybridized carbons (Fsp3) is 0.440. The molecule has 2 aliphatic rings. The second kappa shape index (κ2) is 10.1. The molecule has 196 valence electrons. The smallest absolute Gasteiger partial charge is 0.266 e. The van der Waals surface area contributed by atoms with E-state index in [1.54, 1.807) is 11.8 Å². The number of carbonyl (C=O) groups is 1. The molecule has 12 heteroatoms. The summed E-state index contributed by atoms with van der Waals surface area (Å²) in [6, 6.07) is 4.62. The van der Waals surface area contributed by atoms with Gasteiger partial charge in [0.2, 0.25) is 0 Å². The first-order chi connectivity index (χ1) is 17.8. The number of halogens is 3. The minimum absolute atomic E-state index is 0.0310. The number of aromatic nitrogens is 3. The van der Waals surface area contributed by atoms with E-state index in [1.807, 2.05) is 0 Å². The second-order valence-corrected chi connectivity index (χ2v) is 9.31. The molecule has 1 N–H and O–H groups in total. The number of ether oxygens (including phenoxy) is 1. The molecule has 5 rings (SSSR count). The zero-order valence-electron chi connectivity index (χ0n) is 20.5. The number of morpholine rings is 1. The van der Waals surface area contributed by atoms with E-state index in [0.717, 1.165) is 12.6 Å². The van der Waals surface area contributed by atoms with Crippen molar-refractivity contribution in [3.63, 3.8) is 0 Å². The average Bonchev–Trinajstić information content (AvgIpc) is 2.90. The SMILES string of the molecule is C[C@@H](Nc1ncnc2c1cc(C(=O)N1CCN3CCOCC3C1)c(=O)n2C)c1cccc(C(F)F)c1F. The van der Waals surface area contributed by atoms with Gasteiger partial charge in [-0.2, -0.15) is 0 Å². The van der Waals surface area contributed by atoms with Gasteiger partial charge in [0, 0.05) is 38.8 Å². The van der Waals surface area contributed by atoms with Crippen molar-refractivity contribution in [2.24, 2.45) is 7.05 Å². The highest BCUT2D eigenvalue weighted by Crippen LogP contribution is 2.30. The number of anilines is 1. The predicted molar refractivity (Wildman–Crippen MR) is 130 cm³/mol. The number of aryl methyl sites for hydroxylation is 1. The molecule has 0 aliphatic carbocycles. The van der Waals surface area contributed by atoms with E-state index in [9.17, 15) is 22.8 Å². The number of nitrogens with zero attached hydrogens (tertiary/aromatic N) is 5. The van der Waals surface area contributed by atoms with Crippen molar-refractivity contribution in [1.29, 1.82) is 0 Å². The molecule has 2 saturated heterocycles. The molecule has 37 heavy (non-hydrogen) atoms. The summed E-state index contributed by atoms with van der Waals surface area (Å²) >= 11 is 0. The van der Waals surface area contributed by atoms with E-state index in [4.69, 9.17) is 4.74 Å². The average molecular weight is 517 g/mol. The number of hydrogen-bond donors (Lipinski definition) is 1. The van der Waals surface area contributed by atoms with Crippen molar-refractivity contribution in [3.05, 3.63) is 63.5 Å². The number of amides is 1. The Morgan fingerprint density at radius 3 is 2.76 bits per heavy atom.